The summed E-state index contributed by atoms with van der Waals surface area (Å²) >= 11 is 0. The van der Waals surface area contributed by atoms with E-state index >= 15 is 0 Å². The van der Waals surface area contributed by atoms with Gasteiger partial charge in [-0.1, -0.05) is 36.4 Å². The number of rotatable bonds is 4. The molecule has 0 amide bonds. The first kappa shape index (κ1) is 18.6. The van der Waals surface area contributed by atoms with Crippen LogP contribution in [-0.4, -0.2) is 34.0 Å². The van der Waals surface area contributed by atoms with E-state index in [0.29, 0.717) is 5.69 Å². The van der Waals surface area contributed by atoms with Crippen molar-refractivity contribution in [2.45, 2.75) is 32.3 Å². The molecule has 0 bridgehead atoms. The molecular weight excluding hydrogens is 344 g/mol. The van der Waals surface area contributed by atoms with E-state index in [4.69, 9.17) is 9.47 Å². The lowest BCUT2D eigenvalue weighted by molar-refractivity contribution is -0.163. The Bertz CT molecular complexity index is 971. The molecule has 1 unspecified atom stereocenters. The van der Waals surface area contributed by atoms with E-state index in [1.165, 1.54) is 7.11 Å². The van der Waals surface area contributed by atoms with Crippen molar-refractivity contribution < 1.29 is 19.1 Å². The number of benzene rings is 1. The van der Waals surface area contributed by atoms with Crippen LogP contribution in [0.4, 0.5) is 0 Å². The van der Waals surface area contributed by atoms with Crippen molar-refractivity contribution >= 4 is 17.5 Å². The fourth-order valence-corrected chi connectivity index (χ4v) is 2.97. The highest BCUT2D eigenvalue weighted by Gasteiger charge is 2.37. The number of carbonyl (C=O) groups excluding carboxylic acids is 2. The maximum absolute atomic E-state index is 13.0. The third-order valence-electron chi connectivity index (χ3n) is 4.06. The average molecular weight is 366 g/mol. The lowest BCUT2D eigenvalue weighted by Crippen LogP contribution is -2.33. The number of hydrogen-bond donors (Lipinski definition) is 0. The van der Waals surface area contributed by atoms with Crippen LogP contribution >= 0.6 is 0 Å². The highest BCUT2D eigenvalue weighted by atomic mass is 16.6. The number of hydrogen-bond acceptors (Lipinski definition) is 5. The third kappa shape index (κ3) is 3.84. The normalized spacial score (nSPS) is 12.6. The van der Waals surface area contributed by atoms with Gasteiger partial charge in [0.2, 0.25) is 0 Å². The minimum Gasteiger partial charge on any atom is -0.468 e. The summed E-state index contributed by atoms with van der Waals surface area (Å²) in [7, 11) is 1.26. The predicted molar refractivity (Wildman–Crippen MR) is 101 cm³/mol. The number of esters is 2. The van der Waals surface area contributed by atoms with Crippen molar-refractivity contribution in [3.05, 3.63) is 60.7 Å². The van der Waals surface area contributed by atoms with Crippen LogP contribution in [0.3, 0.4) is 0 Å². The summed E-state index contributed by atoms with van der Waals surface area (Å²) < 4.78 is 12.2. The molecule has 27 heavy (non-hydrogen) atoms. The highest BCUT2D eigenvalue weighted by molar-refractivity contribution is 6.02. The van der Waals surface area contributed by atoms with Crippen LogP contribution in [0.1, 0.15) is 32.4 Å². The Morgan fingerprint density at radius 1 is 1.04 bits per heavy atom. The quantitative estimate of drug-likeness (QED) is 0.521. The minimum atomic E-state index is -1.23. The van der Waals surface area contributed by atoms with Crippen LogP contribution in [0.25, 0.3) is 16.6 Å². The molecule has 0 saturated carbocycles. The summed E-state index contributed by atoms with van der Waals surface area (Å²) in [5.41, 5.74) is 2.11. The van der Waals surface area contributed by atoms with Gasteiger partial charge >= 0.3 is 11.9 Å². The van der Waals surface area contributed by atoms with Crippen LogP contribution in [-0.2, 0) is 19.1 Å². The van der Waals surface area contributed by atoms with Gasteiger partial charge in [0.1, 0.15) is 5.60 Å². The Hall–Kier alpha value is -3.15. The van der Waals surface area contributed by atoms with E-state index < -0.39 is 23.5 Å². The first-order chi connectivity index (χ1) is 12.8. The number of carbonyl (C=O) groups is 2. The lowest BCUT2D eigenvalue weighted by Gasteiger charge is -2.25. The molecule has 0 aliphatic rings. The fraction of sp³-hybridized carbons (Fsp3) is 0.286. The Morgan fingerprint density at radius 3 is 2.37 bits per heavy atom. The lowest BCUT2D eigenvalue weighted by atomic mass is 9.94. The molecule has 0 spiro atoms. The monoisotopic (exact) mass is 366 g/mol. The van der Waals surface area contributed by atoms with E-state index in [9.17, 15) is 9.59 Å². The smallest absolute Gasteiger partial charge is 0.327 e. The molecule has 0 aliphatic carbocycles. The zero-order valence-electron chi connectivity index (χ0n) is 15.8. The summed E-state index contributed by atoms with van der Waals surface area (Å²) in [6, 6.07) is 13.3. The van der Waals surface area contributed by atoms with Crippen LogP contribution in [0.5, 0.6) is 0 Å². The van der Waals surface area contributed by atoms with Gasteiger partial charge in [-0.05, 0) is 32.4 Å². The topological polar surface area (TPSA) is 69.9 Å². The number of pyridine rings is 1. The van der Waals surface area contributed by atoms with Gasteiger partial charge in [0, 0.05) is 5.56 Å². The SMILES string of the molecule is COC(=O)C(C(=O)OC(C)(C)C)c1c(-c2ccccc2)ccc2cncn12. The molecule has 0 aliphatic heterocycles. The Kier molecular flexibility index (Phi) is 4.99. The summed E-state index contributed by atoms with van der Waals surface area (Å²) in [5.74, 6) is -2.57. The molecule has 0 fully saturated rings. The summed E-state index contributed by atoms with van der Waals surface area (Å²) in [6.45, 7) is 5.28. The van der Waals surface area contributed by atoms with Gasteiger partial charge in [-0.3, -0.25) is 9.59 Å². The summed E-state index contributed by atoms with van der Waals surface area (Å²) in [5, 5.41) is 0. The molecule has 0 radical (unpaired) electrons. The largest absolute Gasteiger partial charge is 0.468 e. The van der Waals surface area contributed by atoms with Gasteiger partial charge < -0.3 is 13.9 Å². The summed E-state index contributed by atoms with van der Waals surface area (Å²) in [6.07, 6.45) is 3.25. The molecule has 0 saturated heterocycles. The van der Waals surface area contributed by atoms with Gasteiger partial charge in [0.05, 0.1) is 30.8 Å². The zero-order valence-corrected chi connectivity index (χ0v) is 15.8. The molecule has 6 nitrogen and oxygen atoms in total. The second-order valence-corrected chi connectivity index (χ2v) is 7.18. The summed E-state index contributed by atoms with van der Waals surface area (Å²) in [4.78, 5) is 29.7. The second-order valence-electron chi connectivity index (χ2n) is 7.18. The van der Waals surface area contributed by atoms with Crippen molar-refractivity contribution in [3.8, 4) is 11.1 Å². The molecule has 140 valence electrons. The van der Waals surface area contributed by atoms with Gasteiger partial charge in [-0.2, -0.15) is 0 Å². The number of ether oxygens (including phenoxy) is 2. The Labute approximate surface area is 157 Å². The molecule has 2 heterocycles. The van der Waals surface area contributed by atoms with Crippen molar-refractivity contribution in [1.29, 1.82) is 0 Å². The molecule has 3 rings (SSSR count). The van der Waals surface area contributed by atoms with Crippen LogP contribution < -0.4 is 0 Å². The first-order valence-corrected chi connectivity index (χ1v) is 8.63. The standard InChI is InChI=1S/C21H22N2O4/c1-21(2,3)27-20(25)17(19(24)26-4)18-16(14-8-6-5-7-9-14)11-10-15-12-22-13-23(15)18/h5-13,17H,1-4H3. The zero-order chi connectivity index (χ0) is 19.6. The van der Waals surface area contributed by atoms with Gasteiger partial charge in [0.15, 0.2) is 5.92 Å². The number of aromatic nitrogens is 2. The predicted octanol–water partition coefficient (Wildman–Crippen LogP) is 3.60. The number of nitrogens with zero attached hydrogens (tertiary/aromatic N) is 2. The fourth-order valence-electron chi connectivity index (χ4n) is 2.97. The van der Waals surface area contributed by atoms with Gasteiger partial charge in [-0.15, -0.1) is 0 Å². The molecular formula is C21H22N2O4. The highest BCUT2D eigenvalue weighted by Crippen LogP contribution is 2.33. The van der Waals surface area contributed by atoms with E-state index in [2.05, 4.69) is 4.98 Å². The van der Waals surface area contributed by atoms with Gasteiger partial charge in [-0.25, -0.2) is 4.98 Å². The third-order valence-corrected chi connectivity index (χ3v) is 4.06. The molecule has 1 atom stereocenters. The molecule has 0 N–H and O–H groups in total. The minimum absolute atomic E-state index is 0.470. The van der Waals surface area contributed by atoms with Crippen molar-refractivity contribution in [2.75, 3.05) is 7.11 Å². The molecule has 1 aromatic carbocycles. The first-order valence-electron chi connectivity index (χ1n) is 8.63. The second kappa shape index (κ2) is 7.23. The number of methoxy groups -OCH3 is 1. The number of fused-ring (bicyclic) bond motifs is 1. The van der Waals surface area contributed by atoms with Gasteiger partial charge in [0.25, 0.3) is 0 Å². The molecule has 6 heteroatoms. The van der Waals surface area contributed by atoms with E-state index in [-0.39, 0.29) is 0 Å². The maximum Gasteiger partial charge on any atom is 0.327 e. The Balaban J connectivity index is 2.25. The molecule has 3 aromatic rings. The van der Waals surface area contributed by atoms with Crippen molar-refractivity contribution in [3.63, 3.8) is 0 Å². The number of imidazole rings is 1. The van der Waals surface area contributed by atoms with Crippen molar-refractivity contribution in [1.82, 2.24) is 9.38 Å². The van der Waals surface area contributed by atoms with Crippen LogP contribution in [0.15, 0.2) is 55.0 Å². The van der Waals surface area contributed by atoms with Crippen LogP contribution in [0.2, 0.25) is 0 Å². The van der Waals surface area contributed by atoms with E-state index in [1.807, 2.05) is 42.5 Å². The average Bonchev–Trinajstić information content (AvgIpc) is 3.10. The van der Waals surface area contributed by atoms with E-state index in [1.54, 1.807) is 37.7 Å². The molecule has 2 aromatic heterocycles. The van der Waals surface area contributed by atoms with Crippen molar-refractivity contribution in [2.24, 2.45) is 0 Å². The van der Waals surface area contributed by atoms with Crippen LogP contribution in [0, 0.1) is 0 Å². The maximum atomic E-state index is 13.0. The Morgan fingerprint density at radius 2 is 1.74 bits per heavy atom. The van der Waals surface area contributed by atoms with E-state index in [0.717, 1.165) is 16.6 Å².